The van der Waals surface area contributed by atoms with E-state index in [4.69, 9.17) is 0 Å². The van der Waals surface area contributed by atoms with Gasteiger partial charge in [-0.3, -0.25) is 0 Å². The summed E-state index contributed by atoms with van der Waals surface area (Å²) >= 11 is 0. The van der Waals surface area contributed by atoms with Crippen LogP contribution in [-0.2, 0) is 6.54 Å². The average molecular weight is 238 g/mol. The molecule has 2 heteroatoms. The van der Waals surface area contributed by atoms with E-state index in [-0.39, 0.29) is 0 Å². The molecule has 0 aliphatic heterocycles. The van der Waals surface area contributed by atoms with Crippen molar-refractivity contribution in [1.82, 2.24) is 5.43 Å². The maximum atomic E-state index is 3.29. The second kappa shape index (κ2) is 5.23. The highest BCUT2D eigenvalue weighted by molar-refractivity contribution is 5.41. The van der Waals surface area contributed by atoms with E-state index in [1.54, 1.807) is 0 Å². The summed E-state index contributed by atoms with van der Waals surface area (Å²) in [5.41, 5.74) is 10.5. The van der Waals surface area contributed by atoms with E-state index < -0.39 is 0 Å². The van der Waals surface area contributed by atoms with Crippen LogP contribution in [0, 0.1) is 0 Å². The molecule has 92 valence electrons. The summed E-state index contributed by atoms with van der Waals surface area (Å²) in [4.78, 5) is 0. The molecule has 0 heterocycles. The van der Waals surface area contributed by atoms with Crippen molar-refractivity contribution >= 4 is 5.69 Å². The Balaban J connectivity index is 1.60. The molecule has 3 rings (SSSR count). The molecule has 1 saturated carbocycles. The summed E-state index contributed by atoms with van der Waals surface area (Å²) in [5, 5.41) is 0. The number of nitrogens with one attached hydrogen (secondary N) is 2. The van der Waals surface area contributed by atoms with Gasteiger partial charge in [-0.1, -0.05) is 42.5 Å². The molecule has 0 unspecified atom stereocenters. The van der Waals surface area contributed by atoms with Crippen molar-refractivity contribution in [1.29, 1.82) is 0 Å². The van der Waals surface area contributed by atoms with Gasteiger partial charge in [0.05, 0.1) is 0 Å². The Morgan fingerprint density at radius 1 is 0.889 bits per heavy atom. The third-order valence-corrected chi connectivity index (χ3v) is 3.36. The SMILES string of the molecule is c1ccc(NNCc2ccccc2C2CC2)cc1. The molecule has 2 nitrogen and oxygen atoms in total. The average Bonchev–Trinajstić information content (AvgIpc) is 3.25. The highest BCUT2D eigenvalue weighted by Crippen LogP contribution is 2.41. The fourth-order valence-electron chi connectivity index (χ4n) is 2.25. The number of hydrogen-bond acceptors (Lipinski definition) is 2. The van der Waals surface area contributed by atoms with E-state index >= 15 is 0 Å². The molecule has 1 fully saturated rings. The molecule has 1 aliphatic carbocycles. The summed E-state index contributed by atoms with van der Waals surface area (Å²) < 4.78 is 0. The lowest BCUT2D eigenvalue weighted by Crippen LogP contribution is -2.21. The molecule has 0 atom stereocenters. The monoisotopic (exact) mass is 238 g/mol. The summed E-state index contributed by atoms with van der Waals surface area (Å²) in [6.07, 6.45) is 2.70. The van der Waals surface area contributed by atoms with Crippen LogP contribution in [-0.4, -0.2) is 0 Å². The van der Waals surface area contributed by atoms with Gasteiger partial charge in [-0.25, -0.2) is 5.43 Å². The first-order valence-corrected chi connectivity index (χ1v) is 6.55. The molecule has 1 aliphatic rings. The zero-order valence-electron chi connectivity index (χ0n) is 10.4. The van der Waals surface area contributed by atoms with Crippen molar-refractivity contribution in [3.8, 4) is 0 Å². The van der Waals surface area contributed by atoms with Gasteiger partial charge >= 0.3 is 0 Å². The van der Waals surface area contributed by atoms with Crippen LogP contribution in [0.5, 0.6) is 0 Å². The molecular formula is C16H18N2. The third kappa shape index (κ3) is 2.71. The third-order valence-electron chi connectivity index (χ3n) is 3.36. The zero-order chi connectivity index (χ0) is 12.2. The van der Waals surface area contributed by atoms with Gasteiger partial charge in [-0.2, -0.15) is 0 Å². The topological polar surface area (TPSA) is 24.1 Å². The predicted molar refractivity (Wildman–Crippen MR) is 75.3 cm³/mol. The van der Waals surface area contributed by atoms with Gasteiger partial charge in [-0.05, 0) is 42.0 Å². The molecule has 0 spiro atoms. The predicted octanol–water partition coefficient (Wildman–Crippen LogP) is 3.68. The van der Waals surface area contributed by atoms with E-state index in [0.717, 1.165) is 18.2 Å². The minimum absolute atomic E-state index is 0.805. The molecule has 2 aromatic rings. The van der Waals surface area contributed by atoms with Gasteiger partial charge in [0.2, 0.25) is 0 Å². The first kappa shape index (κ1) is 11.3. The first-order valence-electron chi connectivity index (χ1n) is 6.55. The summed E-state index contributed by atoms with van der Waals surface area (Å²) in [5.74, 6) is 0.805. The number of rotatable bonds is 5. The van der Waals surface area contributed by atoms with Gasteiger partial charge in [0.25, 0.3) is 0 Å². The van der Waals surface area contributed by atoms with Crippen LogP contribution in [0.15, 0.2) is 54.6 Å². The lowest BCUT2D eigenvalue weighted by atomic mass is 10.0. The van der Waals surface area contributed by atoms with Gasteiger partial charge in [-0.15, -0.1) is 0 Å². The lowest BCUT2D eigenvalue weighted by molar-refractivity contribution is 0.789. The minimum Gasteiger partial charge on any atom is -0.321 e. The summed E-state index contributed by atoms with van der Waals surface area (Å²) in [6, 6.07) is 18.9. The molecule has 0 amide bonds. The summed E-state index contributed by atoms with van der Waals surface area (Å²) in [6.45, 7) is 0.863. The Morgan fingerprint density at radius 2 is 1.61 bits per heavy atom. The van der Waals surface area contributed by atoms with Crippen LogP contribution >= 0.6 is 0 Å². The van der Waals surface area contributed by atoms with Gasteiger partial charge in [0.1, 0.15) is 0 Å². The zero-order valence-corrected chi connectivity index (χ0v) is 10.4. The van der Waals surface area contributed by atoms with Gasteiger partial charge in [0.15, 0.2) is 0 Å². The van der Waals surface area contributed by atoms with Crippen LogP contribution in [0.4, 0.5) is 5.69 Å². The Hall–Kier alpha value is -1.80. The van der Waals surface area contributed by atoms with Crippen LogP contribution < -0.4 is 10.9 Å². The van der Waals surface area contributed by atoms with E-state index in [1.165, 1.54) is 24.0 Å². The highest BCUT2D eigenvalue weighted by Gasteiger charge is 2.25. The molecular weight excluding hydrogens is 220 g/mol. The largest absolute Gasteiger partial charge is 0.321 e. The standard InChI is InChI=1S/C16H18N2/c1-2-7-15(8-3-1)18-17-12-14-6-4-5-9-16(14)13-10-11-13/h1-9,13,17-18H,10-12H2. The van der Waals surface area contributed by atoms with Gasteiger partial charge < -0.3 is 5.43 Å². The molecule has 0 radical (unpaired) electrons. The van der Waals surface area contributed by atoms with E-state index in [9.17, 15) is 0 Å². The Kier molecular flexibility index (Phi) is 3.29. The highest BCUT2D eigenvalue weighted by atomic mass is 15.3. The fourth-order valence-corrected chi connectivity index (χ4v) is 2.25. The smallest absolute Gasteiger partial charge is 0.0487 e. The normalized spacial score (nSPS) is 14.4. The first-order chi connectivity index (χ1) is 8.93. The number of hydrogen-bond donors (Lipinski definition) is 2. The fraction of sp³-hybridized carbons (Fsp3) is 0.250. The van der Waals surface area contributed by atoms with Crippen molar-refractivity contribution in [3.05, 3.63) is 65.7 Å². The van der Waals surface area contributed by atoms with Crippen LogP contribution in [0.25, 0.3) is 0 Å². The lowest BCUT2D eigenvalue weighted by Gasteiger charge is -2.11. The maximum absolute atomic E-state index is 3.29. The van der Waals surface area contributed by atoms with Crippen molar-refractivity contribution in [2.24, 2.45) is 0 Å². The second-order valence-corrected chi connectivity index (χ2v) is 4.82. The Bertz CT molecular complexity index is 504. The number of benzene rings is 2. The Labute approximate surface area is 108 Å². The van der Waals surface area contributed by atoms with Crippen LogP contribution in [0.2, 0.25) is 0 Å². The Morgan fingerprint density at radius 3 is 2.39 bits per heavy atom. The van der Waals surface area contributed by atoms with Crippen LogP contribution in [0.3, 0.4) is 0 Å². The molecule has 0 saturated heterocycles. The number of anilines is 1. The quantitative estimate of drug-likeness (QED) is 0.776. The molecule has 0 aromatic heterocycles. The van der Waals surface area contributed by atoms with Crippen molar-refractivity contribution in [2.75, 3.05) is 5.43 Å². The van der Waals surface area contributed by atoms with E-state index in [1.807, 2.05) is 18.2 Å². The summed E-state index contributed by atoms with van der Waals surface area (Å²) in [7, 11) is 0. The van der Waals surface area contributed by atoms with Crippen molar-refractivity contribution < 1.29 is 0 Å². The van der Waals surface area contributed by atoms with Crippen LogP contribution in [0.1, 0.15) is 29.9 Å². The molecule has 2 N–H and O–H groups in total. The maximum Gasteiger partial charge on any atom is 0.0487 e. The molecule has 18 heavy (non-hydrogen) atoms. The number of hydrazine groups is 1. The molecule has 2 aromatic carbocycles. The van der Waals surface area contributed by atoms with Gasteiger partial charge in [0, 0.05) is 12.2 Å². The van der Waals surface area contributed by atoms with Crippen molar-refractivity contribution in [2.45, 2.75) is 25.3 Å². The van der Waals surface area contributed by atoms with E-state index in [2.05, 4.69) is 47.2 Å². The second-order valence-electron chi connectivity index (χ2n) is 4.82. The molecule has 0 bridgehead atoms. The number of para-hydroxylation sites is 1. The minimum atomic E-state index is 0.805. The van der Waals surface area contributed by atoms with E-state index in [0.29, 0.717) is 0 Å². The van der Waals surface area contributed by atoms with Crippen molar-refractivity contribution in [3.63, 3.8) is 0 Å².